The minimum atomic E-state index is -4.94. The van der Waals surface area contributed by atoms with Crippen molar-refractivity contribution in [3.63, 3.8) is 0 Å². The number of esters is 1. The Labute approximate surface area is 198 Å². The van der Waals surface area contributed by atoms with Gasteiger partial charge in [0.25, 0.3) is 0 Å². The number of nitrogens with one attached hydrogen (secondary N) is 2. The first-order valence-corrected chi connectivity index (χ1v) is 10.3. The largest absolute Gasteiger partial charge is 0.465 e. The fourth-order valence-electron chi connectivity index (χ4n) is 4.02. The van der Waals surface area contributed by atoms with Gasteiger partial charge in [-0.1, -0.05) is 0 Å². The highest BCUT2D eigenvalue weighted by Crippen LogP contribution is 2.39. The lowest BCUT2D eigenvalue weighted by molar-refractivity contribution is -0.138. The zero-order valence-electron chi connectivity index (χ0n) is 18.2. The third-order valence-electron chi connectivity index (χ3n) is 5.48. The summed E-state index contributed by atoms with van der Waals surface area (Å²) in [4.78, 5) is 25.6. The first-order valence-electron chi connectivity index (χ1n) is 10.3. The van der Waals surface area contributed by atoms with Crippen LogP contribution in [0.2, 0.25) is 0 Å². The van der Waals surface area contributed by atoms with E-state index in [1.165, 1.54) is 42.5 Å². The third kappa shape index (κ3) is 4.14. The van der Waals surface area contributed by atoms with Gasteiger partial charge in [-0.15, -0.1) is 0 Å². The van der Waals surface area contributed by atoms with Gasteiger partial charge in [-0.2, -0.15) is 26.3 Å². The Bertz CT molecular complexity index is 1620. The molecule has 2 aliphatic heterocycles. The summed E-state index contributed by atoms with van der Waals surface area (Å²) in [6.45, 7) is 0. The molecule has 0 saturated carbocycles. The Hall–Kier alpha value is -4.35. The smallest absolute Gasteiger partial charge is 0.420 e. The van der Waals surface area contributed by atoms with E-state index in [0.717, 1.165) is 19.3 Å². The molecule has 0 fully saturated rings. The summed E-state index contributed by atoms with van der Waals surface area (Å²) >= 11 is 0. The summed E-state index contributed by atoms with van der Waals surface area (Å²) in [5.41, 5.74) is -4.12. The topological polar surface area (TPSA) is 83.7 Å². The molecular formula is C24H14F6N4O2. The molecule has 5 rings (SSSR count). The van der Waals surface area contributed by atoms with E-state index in [1.807, 2.05) is 0 Å². The number of aromatic amines is 2. The SMILES string of the molecule is COC(=O)C1=Cc2cc3ccc([nH]3)c(C(F)(F)F)c3ccc(cc4nc(c(C(F)(F)F)c1n2)C=C4)[nH]3. The number of alkyl halides is 6. The minimum Gasteiger partial charge on any atom is -0.465 e. The minimum absolute atomic E-state index is 0.0564. The van der Waals surface area contributed by atoms with Crippen molar-refractivity contribution < 1.29 is 35.9 Å². The molecule has 184 valence electrons. The molecule has 12 heteroatoms. The quantitative estimate of drug-likeness (QED) is 0.238. The predicted octanol–water partition coefficient (Wildman–Crippen LogP) is 6.24. The highest BCUT2D eigenvalue weighted by molar-refractivity contribution is 6.22. The van der Waals surface area contributed by atoms with Gasteiger partial charge in [0.2, 0.25) is 0 Å². The highest BCUT2D eigenvalue weighted by Gasteiger charge is 2.40. The number of H-pyrrole nitrogens is 2. The van der Waals surface area contributed by atoms with Crippen molar-refractivity contribution in [2.24, 2.45) is 0 Å². The van der Waals surface area contributed by atoms with Gasteiger partial charge in [0.1, 0.15) is 11.1 Å². The molecule has 0 unspecified atom stereocenters. The molecule has 0 aliphatic carbocycles. The Kier molecular flexibility index (Phi) is 5.27. The van der Waals surface area contributed by atoms with Crippen LogP contribution in [0.3, 0.4) is 0 Å². The van der Waals surface area contributed by atoms with E-state index < -0.39 is 46.4 Å². The van der Waals surface area contributed by atoms with Crippen LogP contribution >= 0.6 is 0 Å². The number of carbonyl (C=O) groups excluding carboxylic acids is 1. The van der Waals surface area contributed by atoms with Crippen LogP contribution in [0.1, 0.15) is 33.9 Å². The molecule has 0 amide bonds. The van der Waals surface area contributed by atoms with Gasteiger partial charge in [-0.05, 0) is 54.6 Å². The van der Waals surface area contributed by atoms with E-state index in [1.54, 1.807) is 0 Å². The molecule has 2 aliphatic rings. The Morgan fingerprint density at radius 3 is 1.94 bits per heavy atom. The van der Waals surface area contributed by atoms with E-state index >= 15 is 0 Å². The Morgan fingerprint density at radius 2 is 1.39 bits per heavy atom. The number of halogens is 6. The molecule has 5 heterocycles. The number of hydrogen-bond donors (Lipinski definition) is 2. The summed E-state index contributed by atoms with van der Waals surface area (Å²) in [7, 11) is 1.01. The summed E-state index contributed by atoms with van der Waals surface area (Å²) < 4.78 is 89.2. The summed E-state index contributed by atoms with van der Waals surface area (Å²) in [5.74, 6) is -1.06. The maximum Gasteiger partial charge on any atom is 0.420 e. The van der Waals surface area contributed by atoms with E-state index in [2.05, 4.69) is 24.7 Å². The van der Waals surface area contributed by atoms with Crippen molar-refractivity contribution in [1.29, 1.82) is 0 Å². The van der Waals surface area contributed by atoms with Gasteiger partial charge in [0.15, 0.2) is 0 Å². The van der Waals surface area contributed by atoms with E-state index in [-0.39, 0.29) is 33.5 Å². The fourth-order valence-corrected chi connectivity index (χ4v) is 4.02. The van der Waals surface area contributed by atoms with Gasteiger partial charge in [-0.3, -0.25) is 0 Å². The summed E-state index contributed by atoms with van der Waals surface area (Å²) in [5, 5.41) is 0. The van der Waals surface area contributed by atoms with Crippen LogP contribution in [0.15, 0.2) is 36.4 Å². The predicted molar refractivity (Wildman–Crippen MR) is 120 cm³/mol. The highest BCUT2D eigenvalue weighted by atomic mass is 19.4. The fraction of sp³-hybridized carbons (Fsp3) is 0.125. The van der Waals surface area contributed by atoms with Gasteiger partial charge < -0.3 is 14.7 Å². The van der Waals surface area contributed by atoms with Gasteiger partial charge >= 0.3 is 18.3 Å². The molecule has 3 aromatic rings. The van der Waals surface area contributed by atoms with Crippen molar-refractivity contribution in [1.82, 2.24) is 19.9 Å². The second kappa shape index (κ2) is 8.11. The average Bonchev–Trinajstić information content (AvgIpc) is 3.56. The number of nitrogens with zero attached hydrogens (tertiary/aromatic N) is 2. The average molecular weight is 504 g/mol. The molecule has 36 heavy (non-hydrogen) atoms. The summed E-state index contributed by atoms with van der Waals surface area (Å²) in [6.07, 6.45) is -6.23. The zero-order valence-corrected chi connectivity index (χ0v) is 18.2. The number of rotatable bonds is 1. The number of fused-ring (bicyclic) bond motifs is 8. The van der Waals surface area contributed by atoms with Crippen LogP contribution in [0.5, 0.6) is 0 Å². The van der Waals surface area contributed by atoms with Gasteiger partial charge in [-0.25, -0.2) is 14.8 Å². The zero-order chi connectivity index (χ0) is 25.8. The van der Waals surface area contributed by atoms with Crippen molar-refractivity contribution in [3.8, 4) is 0 Å². The number of methoxy groups -OCH3 is 1. The molecular weight excluding hydrogens is 490 g/mol. The number of ether oxygens (including phenoxy) is 1. The van der Waals surface area contributed by atoms with Crippen LogP contribution in [0.25, 0.3) is 45.9 Å². The molecule has 8 bridgehead atoms. The maximum absolute atomic E-state index is 14.2. The molecule has 6 nitrogen and oxygen atoms in total. The van der Waals surface area contributed by atoms with Crippen molar-refractivity contribution in [2.45, 2.75) is 12.4 Å². The number of hydrogen-bond acceptors (Lipinski definition) is 4. The van der Waals surface area contributed by atoms with Crippen LogP contribution in [0.4, 0.5) is 26.3 Å². The number of aromatic nitrogens is 4. The first kappa shape index (κ1) is 23.4. The Balaban J connectivity index is 1.96. The standard InChI is InChI=1S/C24H14F6N4O2/c1-36-22(35)15-10-14-9-13-3-6-17(32-13)19(23(25,26)27)16-5-2-11(31-16)8-12-4-7-18(33-12)20(21(15)34-14)24(28,29)30/h2-10,31-32H,1H3. The third-order valence-corrected chi connectivity index (χ3v) is 5.48. The molecule has 0 spiro atoms. The molecule has 0 saturated heterocycles. The van der Waals surface area contributed by atoms with Crippen molar-refractivity contribution >= 4 is 51.8 Å². The number of carbonyl (C=O) groups is 1. The molecule has 0 aromatic carbocycles. The van der Waals surface area contributed by atoms with Gasteiger partial charge in [0, 0.05) is 11.0 Å². The lowest BCUT2D eigenvalue weighted by atomic mass is 10.1. The second-order valence-electron chi connectivity index (χ2n) is 7.88. The monoisotopic (exact) mass is 504 g/mol. The normalized spacial score (nSPS) is 13.6. The van der Waals surface area contributed by atoms with Crippen LogP contribution in [-0.4, -0.2) is 33.0 Å². The molecule has 0 radical (unpaired) electrons. The van der Waals surface area contributed by atoms with E-state index in [0.29, 0.717) is 0 Å². The van der Waals surface area contributed by atoms with E-state index in [9.17, 15) is 31.1 Å². The molecule has 0 atom stereocenters. The molecule has 2 N–H and O–H groups in total. The molecule has 3 aromatic heterocycles. The first-order chi connectivity index (χ1) is 16.9. The van der Waals surface area contributed by atoms with E-state index in [4.69, 9.17) is 0 Å². The van der Waals surface area contributed by atoms with Crippen LogP contribution < -0.4 is 0 Å². The van der Waals surface area contributed by atoms with Crippen molar-refractivity contribution in [2.75, 3.05) is 7.11 Å². The second-order valence-corrected chi connectivity index (χ2v) is 7.88. The van der Waals surface area contributed by atoms with Crippen LogP contribution in [0, 0.1) is 0 Å². The van der Waals surface area contributed by atoms with Crippen LogP contribution in [-0.2, 0) is 21.9 Å². The van der Waals surface area contributed by atoms with Crippen molar-refractivity contribution in [3.05, 3.63) is 70.3 Å². The lowest BCUT2D eigenvalue weighted by Crippen LogP contribution is -2.14. The summed E-state index contributed by atoms with van der Waals surface area (Å²) in [6, 6.07) is 7.63. The Morgan fingerprint density at radius 1 is 0.806 bits per heavy atom. The van der Waals surface area contributed by atoms with Gasteiger partial charge in [0.05, 0.1) is 46.5 Å². The maximum atomic E-state index is 14.2. The lowest BCUT2D eigenvalue weighted by Gasteiger charge is -2.11.